The minimum absolute atomic E-state index is 0.447. The van der Waals surface area contributed by atoms with Gasteiger partial charge >= 0.3 is 6.18 Å². The lowest BCUT2D eigenvalue weighted by Crippen LogP contribution is -2.39. The third kappa shape index (κ3) is 3.08. The van der Waals surface area contributed by atoms with Gasteiger partial charge in [-0.3, -0.25) is 4.90 Å². The van der Waals surface area contributed by atoms with Gasteiger partial charge in [-0.25, -0.2) is 0 Å². The van der Waals surface area contributed by atoms with E-state index in [0.717, 1.165) is 19.0 Å². The van der Waals surface area contributed by atoms with Crippen LogP contribution in [0.4, 0.5) is 13.2 Å². The summed E-state index contributed by atoms with van der Waals surface area (Å²) in [6, 6.07) is 0.655. The Hall–Kier alpha value is -0.290. The van der Waals surface area contributed by atoms with Gasteiger partial charge in [-0.15, -0.1) is 0 Å². The van der Waals surface area contributed by atoms with E-state index in [-0.39, 0.29) is 0 Å². The molecule has 2 bridgehead atoms. The number of hydrogen-bond acceptors (Lipinski definition) is 2. The molecule has 2 atom stereocenters. The molecule has 1 aliphatic heterocycles. The molecule has 2 unspecified atom stereocenters. The van der Waals surface area contributed by atoms with Gasteiger partial charge in [0.1, 0.15) is 0 Å². The van der Waals surface area contributed by atoms with Crippen LogP contribution >= 0.6 is 0 Å². The van der Waals surface area contributed by atoms with E-state index in [2.05, 4.69) is 10.2 Å². The SMILES string of the molecule is FC(F)(F)CNCCN1CC2CCC1C2. The fourth-order valence-corrected chi connectivity index (χ4v) is 2.75. The predicted octanol–water partition coefficient (Wildman–Crippen LogP) is 1.62. The number of likely N-dealkylation sites (tertiary alicyclic amines) is 1. The average Bonchev–Trinajstić information content (AvgIpc) is 2.71. The first kappa shape index (κ1) is 11.2. The fourth-order valence-electron chi connectivity index (χ4n) is 2.75. The molecule has 15 heavy (non-hydrogen) atoms. The molecule has 1 saturated heterocycles. The summed E-state index contributed by atoms with van der Waals surface area (Å²) < 4.78 is 35.5. The summed E-state index contributed by atoms with van der Waals surface area (Å²) in [5.41, 5.74) is 0. The maximum atomic E-state index is 11.8. The molecular formula is C10H17F3N2. The van der Waals surface area contributed by atoms with E-state index < -0.39 is 12.7 Å². The van der Waals surface area contributed by atoms with Crippen LogP contribution in [0.1, 0.15) is 19.3 Å². The first-order valence-corrected chi connectivity index (χ1v) is 5.56. The molecule has 2 rings (SSSR count). The van der Waals surface area contributed by atoms with E-state index >= 15 is 0 Å². The largest absolute Gasteiger partial charge is 0.401 e. The molecule has 1 N–H and O–H groups in total. The van der Waals surface area contributed by atoms with Crippen LogP contribution in [-0.2, 0) is 0 Å². The maximum absolute atomic E-state index is 11.8. The van der Waals surface area contributed by atoms with Crippen molar-refractivity contribution in [1.82, 2.24) is 10.2 Å². The normalized spacial score (nSPS) is 31.4. The van der Waals surface area contributed by atoms with Crippen molar-refractivity contribution >= 4 is 0 Å². The Balaban J connectivity index is 1.59. The highest BCUT2D eigenvalue weighted by molar-refractivity contribution is 4.92. The van der Waals surface area contributed by atoms with Crippen molar-refractivity contribution in [3.63, 3.8) is 0 Å². The monoisotopic (exact) mass is 222 g/mol. The Morgan fingerprint density at radius 1 is 1.27 bits per heavy atom. The van der Waals surface area contributed by atoms with E-state index in [0.29, 0.717) is 12.6 Å². The standard InChI is InChI=1S/C10H17F3N2/c11-10(12,13)7-14-3-4-15-6-8-1-2-9(15)5-8/h8-9,14H,1-7H2. The van der Waals surface area contributed by atoms with Crippen molar-refractivity contribution in [2.45, 2.75) is 31.5 Å². The second kappa shape index (κ2) is 4.29. The number of halogens is 3. The van der Waals surface area contributed by atoms with Crippen LogP contribution < -0.4 is 5.32 Å². The summed E-state index contributed by atoms with van der Waals surface area (Å²) in [7, 11) is 0. The summed E-state index contributed by atoms with van der Waals surface area (Å²) >= 11 is 0. The van der Waals surface area contributed by atoms with Gasteiger partial charge in [0.25, 0.3) is 0 Å². The number of piperidine rings is 1. The van der Waals surface area contributed by atoms with Crippen molar-refractivity contribution in [3.05, 3.63) is 0 Å². The summed E-state index contributed by atoms with van der Waals surface area (Å²) in [4.78, 5) is 2.33. The van der Waals surface area contributed by atoms with E-state index in [4.69, 9.17) is 0 Å². The molecule has 0 amide bonds. The molecule has 0 radical (unpaired) electrons. The second-order valence-corrected chi connectivity index (χ2v) is 4.62. The van der Waals surface area contributed by atoms with Gasteiger partial charge in [-0.2, -0.15) is 13.2 Å². The molecule has 5 heteroatoms. The summed E-state index contributed by atoms with van der Waals surface area (Å²) in [5, 5.41) is 2.45. The molecule has 0 aromatic rings. The number of rotatable bonds is 4. The van der Waals surface area contributed by atoms with Gasteiger partial charge in [0.15, 0.2) is 0 Å². The first-order chi connectivity index (χ1) is 7.04. The van der Waals surface area contributed by atoms with Crippen molar-refractivity contribution in [2.24, 2.45) is 5.92 Å². The molecule has 2 fully saturated rings. The van der Waals surface area contributed by atoms with Crippen molar-refractivity contribution in [1.29, 1.82) is 0 Å². The number of nitrogens with one attached hydrogen (secondary N) is 1. The highest BCUT2D eigenvalue weighted by Crippen LogP contribution is 2.36. The van der Waals surface area contributed by atoms with Crippen LogP contribution in [0.3, 0.4) is 0 Å². The minimum Gasteiger partial charge on any atom is -0.307 e. The number of alkyl halides is 3. The van der Waals surface area contributed by atoms with Crippen LogP contribution in [0.15, 0.2) is 0 Å². The zero-order chi connectivity index (χ0) is 10.9. The zero-order valence-corrected chi connectivity index (χ0v) is 8.69. The second-order valence-electron chi connectivity index (χ2n) is 4.62. The summed E-state index contributed by atoms with van der Waals surface area (Å²) in [5.74, 6) is 0.817. The lowest BCUT2D eigenvalue weighted by atomic mass is 10.1. The third-order valence-corrected chi connectivity index (χ3v) is 3.42. The average molecular weight is 222 g/mol. The molecule has 0 aromatic carbocycles. The van der Waals surface area contributed by atoms with Gasteiger partial charge in [0.05, 0.1) is 6.54 Å². The van der Waals surface area contributed by atoms with Crippen molar-refractivity contribution in [2.75, 3.05) is 26.2 Å². The van der Waals surface area contributed by atoms with Crippen LogP contribution in [0.2, 0.25) is 0 Å². The number of hydrogen-bond donors (Lipinski definition) is 1. The Kier molecular flexibility index (Phi) is 3.21. The zero-order valence-electron chi connectivity index (χ0n) is 8.69. The highest BCUT2D eigenvalue weighted by Gasteiger charge is 2.37. The minimum atomic E-state index is -4.08. The van der Waals surface area contributed by atoms with Crippen LogP contribution in [0.5, 0.6) is 0 Å². The van der Waals surface area contributed by atoms with Crippen molar-refractivity contribution in [3.8, 4) is 0 Å². The lowest BCUT2D eigenvalue weighted by Gasteiger charge is -2.26. The Bertz CT molecular complexity index is 217. The molecule has 1 saturated carbocycles. The fraction of sp³-hybridized carbons (Fsp3) is 1.00. The molecule has 0 aromatic heterocycles. The molecule has 2 nitrogen and oxygen atoms in total. The van der Waals surface area contributed by atoms with Crippen LogP contribution in [0, 0.1) is 5.92 Å². The Morgan fingerprint density at radius 3 is 2.60 bits per heavy atom. The van der Waals surface area contributed by atoms with Gasteiger partial charge < -0.3 is 5.32 Å². The summed E-state index contributed by atoms with van der Waals surface area (Å²) in [6.45, 7) is 1.44. The summed E-state index contributed by atoms with van der Waals surface area (Å²) in [6.07, 6.45) is -0.260. The molecule has 0 spiro atoms. The number of nitrogens with zero attached hydrogens (tertiary/aromatic N) is 1. The predicted molar refractivity (Wildman–Crippen MR) is 51.6 cm³/mol. The molecular weight excluding hydrogens is 205 g/mol. The van der Waals surface area contributed by atoms with Gasteiger partial charge in [0, 0.05) is 25.7 Å². The van der Waals surface area contributed by atoms with E-state index in [9.17, 15) is 13.2 Å². The number of fused-ring (bicyclic) bond motifs is 2. The van der Waals surface area contributed by atoms with E-state index in [1.165, 1.54) is 19.3 Å². The van der Waals surface area contributed by atoms with E-state index in [1.807, 2.05) is 0 Å². The van der Waals surface area contributed by atoms with Crippen LogP contribution in [-0.4, -0.2) is 43.3 Å². The molecule has 1 aliphatic carbocycles. The molecule has 88 valence electrons. The first-order valence-electron chi connectivity index (χ1n) is 5.56. The lowest BCUT2D eigenvalue weighted by molar-refractivity contribution is -0.124. The van der Waals surface area contributed by atoms with E-state index in [1.54, 1.807) is 0 Å². The van der Waals surface area contributed by atoms with Gasteiger partial charge in [-0.05, 0) is 25.2 Å². The smallest absolute Gasteiger partial charge is 0.307 e. The molecule has 2 aliphatic rings. The Morgan fingerprint density at radius 2 is 2.07 bits per heavy atom. The highest BCUT2D eigenvalue weighted by atomic mass is 19.4. The topological polar surface area (TPSA) is 15.3 Å². The quantitative estimate of drug-likeness (QED) is 0.727. The van der Waals surface area contributed by atoms with Crippen LogP contribution in [0.25, 0.3) is 0 Å². The van der Waals surface area contributed by atoms with Gasteiger partial charge in [0.2, 0.25) is 0 Å². The maximum Gasteiger partial charge on any atom is 0.401 e. The van der Waals surface area contributed by atoms with Gasteiger partial charge in [-0.1, -0.05) is 0 Å². The van der Waals surface area contributed by atoms with Crippen molar-refractivity contribution < 1.29 is 13.2 Å². The Labute approximate surface area is 87.8 Å². The molecule has 1 heterocycles. The third-order valence-electron chi connectivity index (χ3n) is 3.42.